The van der Waals surface area contributed by atoms with Crippen molar-refractivity contribution < 1.29 is 36.3 Å². The highest BCUT2D eigenvalue weighted by Crippen LogP contribution is 2.47. The molecule has 0 bridgehead atoms. The first kappa shape index (κ1) is 43.2. The van der Waals surface area contributed by atoms with Crippen molar-refractivity contribution in [1.82, 2.24) is 24.1 Å². The molecular weight excluding hydrogens is 823 g/mol. The molecule has 3 atom stereocenters. The number of carbonyl (C=O) groups is 2. The molecular formula is C44H50F2N8O7S. The third kappa shape index (κ3) is 8.38. The third-order valence-corrected chi connectivity index (χ3v) is 15.0. The van der Waals surface area contributed by atoms with Crippen LogP contribution in [0.15, 0.2) is 59.7 Å². The molecule has 4 aliphatic rings. The SMILES string of the molecule is CCN(C)S(=O)(=O)Nc1ccc(F)c(Oc2ccc3ncn([C@H]4COC5(CCN(C6CCC(c7ccc(NC8CCC(=O)NC8=O)cc7F)CC6)CC5)[C@@H]4C)c(=O)c3c2)c1C#N. The van der Waals surface area contributed by atoms with Gasteiger partial charge in [0.1, 0.15) is 29.2 Å². The van der Waals surface area contributed by atoms with Gasteiger partial charge in [0.05, 0.1) is 41.2 Å². The number of hydrogen-bond acceptors (Lipinski definition) is 11. The molecule has 1 aliphatic carbocycles. The summed E-state index contributed by atoms with van der Waals surface area (Å²) in [4.78, 5) is 44.8. The van der Waals surface area contributed by atoms with Crippen molar-refractivity contribution in [2.75, 3.05) is 43.3 Å². The van der Waals surface area contributed by atoms with E-state index in [0.717, 1.165) is 68.1 Å². The smallest absolute Gasteiger partial charge is 0.301 e. The number of halogens is 2. The molecule has 4 fully saturated rings. The first-order chi connectivity index (χ1) is 29.7. The Balaban J connectivity index is 0.896. The molecule has 2 amide bonds. The summed E-state index contributed by atoms with van der Waals surface area (Å²) in [5.74, 6) is -2.22. The van der Waals surface area contributed by atoms with Crippen LogP contribution in [0.3, 0.4) is 0 Å². The van der Waals surface area contributed by atoms with Gasteiger partial charge in [-0.1, -0.05) is 19.9 Å². The molecule has 3 aromatic carbocycles. The average molecular weight is 873 g/mol. The van der Waals surface area contributed by atoms with Crippen molar-refractivity contribution >= 4 is 44.3 Å². The van der Waals surface area contributed by atoms with E-state index in [1.807, 2.05) is 18.2 Å². The van der Waals surface area contributed by atoms with Crippen LogP contribution in [0, 0.1) is 28.9 Å². The number of aromatic nitrogens is 2. The topological polar surface area (TPSA) is 188 Å². The Morgan fingerprint density at radius 2 is 1.79 bits per heavy atom. The quantitative estimate of drug-likeness (QED) is 0.152. The van der Waals surface area contributed by atoms with E-state index in [0.29, 0.717) is 35.8 Å². The lowest BCUT2D eigenvalue weighted by molar-refractivity contribution is -0.133. The first-order valence-electron chi connectivity index (χ1n) is 21.1. The van der Waals surface area contributed by atoms with E-state index in [2.05, 4.69) is 32.2 Å². The number of piperidine rings is 2. The Morgan fingerprint density at radius 3 is 2.48 bits per heavy atom. The zero-order chi connectivity index (χ0) is 43.9. The van der Waals surface area contributed by atoms with Gasteiger partial charge in [0.25, 0.3) is 5.56 Å². The zero-order valence-electron chi connectivity index (χ0n) is 34.8. The van der Waals surface area contributed by atoms with Crippen LogP contribution >= 0.6 is 0 Å². The Bertz CT molecular complexity index is 2600. The lowest BCUT2D eigenvalue weighted by atomic mass is 9.77. The maximum atomic E-state index is 15.4. The number of fused-ring (bicyclic) bond motifs is 1. The molecule has 4 heterocycles. The van der Waals surface area contributed by atoms with Crippen LogP contribution in [0.2, 0.25) is 0 Å². The number of nitriles is 1. The van der Waals surface area contributed by atoms with Crippen molar-refractivity contribution in [2.45, 2.75) is 94.9 Å². The second-order valence-electron chi connectivity index (χ2n) is 16.8. The van der Waals surface area contributed by atoms with Crippen LogP contribution in [-0.2, 0) is 24.5 Å². The minimum absolute atomic E-state index is 0.0160. The van der Waals surface area contributed by atoms with E-state index in [1.54, 1.807) is 17.6 Å². The molecule has 1 spiro atoms. The lowest BCUT2D eigenvalue weighted by Gasteiger charge is -2.46. The molecule has 1 aromatic heterocycles. The molecule has 62 heavy (non-hydrogen) atoms. The number of nitrogens with one attached hydrogen (secondary N) is 3. The predicted molar refractivity (Wildman–Crippen MR) is 227 cm³/mol. The summed E-state index contributed by atoms with van der Waals surface area (Å²) in [5, 5.41) is 15.5. The van der Waals surface area contributed by atoms with Gasteiger partial charge in [-0.3, -0.25) is 29.0 Å². The van der Waals surface area contributed by atoms with Gasteiger partial charge in [0, 0.05) is 50.7 Å². The second kappa shape index (κ2) is 17.4. The Hall–Kier alpha value is -5.48. The number of rotatable bonds is 11. The normalized spacial score (nSPS) is 24.2. The number of likely N-dealkylation sites (tertiary alicyclic amines) is 1. The highest BCUT2D eigenvalue weighted by molar-refractivity contribution is 7.90. The monoisotopic (exact) mass is 872 g/mol. The molecule has 18 heteroatoms. The number of amides is 2. The maximum Gasteiger partial charge on any atom is 0.301 e. The molecule has 3 saturated heterocycles. The van der Waals surface area contributed by atoms with Crippen LogP contribution in [0.4, 0.5) is 20.2 Å². The van der Waals surface area contributed by atoms with Crippen LogP contribution in [0.1, 0.15) is 88.3 Å². The van der Waals surface area contributed by atoms with Crippen molar-refractivity contribution in [3.63, 3.8) is 0 Å². The fraction of sp³-hybridized carbons (Fsp3) is 0.477. The first-order valence-corrected chi connectivity index (χ1v) is 22.6. The van der Waals surface area contributed by atoms with E-state index < -0.39 is 39.3 Å². The third-order valence-electron chi connectivity index (χ3n) is 13.5. The molecule has 3 aliphatic heterocycles. The highest BCUT2D eigenvalue weighted by atomic mass is 32.2. The minimum atomic E-state index is -4.02. The number of carbonyl (C=O) groups excluding carboxylic acids is 2. The predicted octanol–water partition coefficient (Wildman–Crippen LogP) is 5.93. The van der Waals surface area contributed by atoms with Gasteiger partial charge in [-0.25, -0.2) is 13.8 Å². The molecule has 4 aromatic rings. The minimum Gasteiger partial charge on any atom is -0.453 e. The van der Waals surface area contributed by atoms with Gasteiger partial charge < -0.3 is 19.7 Å². The van der Waals surface area contributed by atoms with Gasteiger partial charge in [-0.2, -0.15) is 18.0 Å². The Morgan fingerprint density at radius 1 is 1.03 bits per heavy atom. The van der Waals surface area contributed by atoms with Crippen molar-refractivity contribution in [3.8, 4) is 17.6 Å². The fourth-order valence-corrected chi connectivity index (χ4v) is 10.5. The van der Waals surface area contributed by atoms with Gasteiger partial charge in [0.2, 0.25) is 11.8 Å². The van der Waals surface area contributed by atoms with E-state index in [-0.39, 0.29) is 70.5 Å². The van der Waals surface area contributed by atoms with Crippen LogP contribution < -0.4 is 25.7 Å². The fourth-order valence-electron chi connectivity index (χ4n) is 9.57. The van der Waals surface area contributed by atoms with Crippen LogP contribution in [-0.4, -0.2) is 90.0 Å². The Labute approximate surface area is 358 Å². The molecule has 1 unspecified atom stereocenters. The van der Waals surface area contributed by atoms with Crippen LogP contribution in [0.5, 0.6) is 11.5 Å². The number of anilines is 2. The number of hydrogen-bond donors (Lipinski definition) is 3. The maximum absolute atomic E-state index is 15.4. The van der Waals surface area contributed by atoms with Gasteiger partial charge >= 0.3 is 10.2 Å². The van der Waals surface area contributed by atoms with Gasteiger partial charge in [0.15, 0.2) is 11.6 Å². The van der Waals surface area contributed by atoms with E-state index in [4.69, 9.17) is 9.47 Å². The Kier molecular flexibility index (Phi) is 12.1. The number of nitrogens with zero attached hydrogens (tertiary/aromatic N) is 5. The van der Waals surface area contributed by atoms with E-state index in [1.165, 1.54) is 31.6 Å². The van der Waals surface area contributed by atoms with Gasteiger partial charge in [-0.15, -0.1) is 0 Å². The molecule has 0 radical (unpaired) electrons. The van der Waals surface area contributed by atoms with E-state index >= 15 is 8.78 Å². The van der Waals surface area contributed by atoms with Crippen molar-refractivity contribution in [2.24, 2.45) is 5.92 Å². The van der Waals surface area contributed by atoms with Gasteiger partial charge in [-0.05, 0) is 98.9 Å². The summed E-state index contributed by atoms with van der Waals surface area (Å²) in [6.45, 7) is 5.93. The molecule has 1 saturated carbocycles. The summed E-state index contributed by atoms with van der Waals surface area (Å²) in [6.07, 6.45) is 7.36. The second-order valence-corrected chi connectivity index (χ2v) is 18.6. The molecule has 3 N–H and O–H groups in total. The molecule has 15 nitrogen and oxygen atoms in total. The summed E-state index contributed by atoms with van der Waals surface area (Å²) in [7, 11) is -2.66. The van der Waals surface area contributed by atoms with Crippen molar-refractivity contribution in [3.05, 3.63) is 88.0 Å². The number of imide groups is 1. The highest BCUT2D eigenvalue weighted by Gasteiger charge is 2.50. The summed E-state index contributed by atoms with van der Waals surface area (Å²) in [5.41, 5.74) is 0.338. The average Bonchev–Trinajstić information content (AvgIpc) is 3.57. The standard InChI is InChI=1S/C44H50F2N8O7S/c1-4-52(3)62(58,59)51-37-14-12-34(45)41(33(37)23-47)61-30-10-13-36-32(22-30)43(57)54(25-48-36)39-24-60-44(26(39)2)17-19-53(20-18-44)29-8-5-27(6-9-29)31-11-7-28(21-35(31)46)49-38-15-16-40(55)50-42(38)56/h7,10-14,21-22,25-27,29,38-39,49,51H,4-6,8-9,15-20,24H2,1-3H3,(H,50,55,56)/t26-,27?,29?,38?,39+/m1/s1. The zero-order valence-corrected chi connectivity index (χ0v) is 35.6. The number of benzene rings is 3. The molecule has 328 valence electrons. The summed E-state index contributed by atoms with van der Waals surface area (Å²) >= 11 is 0. The number of ether oxygens (including phenoxy) is 2. The summed E-state index contributed by atoms with van der Waals surface area (Å²) < 4.78 is 73.3. The van der Waals surface area contributed by atoms with Crippen LogP contribution in [0.25, 0.3) is 10.9 Å². The van der Waals surface area contributed by atoms with E-state index in [9.17, 15) is 28.1 Å². The van der Waals surface area contributed by atoms with Crippen molar-refractivity contribution in [1.29, 1.82) is 5.26 Å². The summed E-state index contributed by atoms with van der Waals surface area (Å²) in [6, 6.07) is 13.1. The lowest BCUT2D eigenvalue weighted by Crippen LogP contribution is -2.51. The largest absolute Gasteiger partial charge is 0.453 e. The molecule has 8 rings (SSSR count).